The maximum Gasteiger partial charge on any atom is 0.446 e. The summed E-state index contributed by atoms with van der Waals surface area (Å²) in [5.74, 6) is 0.0920. The molecule has 2 N–H and O–H groups in total. The van der Waals surface area contributed by atoms with Crippen molar-refractivity contribution in [3.8, 4) is 11.3 Å². The summed E-state index contributed by atoms with van der Waals surface area (Å²) < 4.78 is 31.2. The van der Waals surface area contributed by atoms with Crippen molar-refractivity contribution in [2.24, 2.45) is 0 Å². The van der Waals surface area contributed by atoms with E-state index in [9.17, 15) is 22.8 Å². The lowest BCUT2D eigenvalue weighted by molar-refractivity contribution is -0.156. The van der Waals surface area contributed by atoms with Gasteiger partial charge in [0.1, 0.15) is 0 Å². The molecule has 0 unspecified atom stereocenters. The molecule has 3 aromatic rings. The summed E-state index contributed by atoms with van der Waals surface area (Å²) >= 11 is 0. The Morgan fingerprint density at radius 1 is 1.03 bits per heavy atom. The van der Waals surface area contributed by atoms with E-state index in [2.05, 4.69) is 15.3 Å². The SMILES string of the molecule is O=C1NCCc2[nH]c(-c3ccnc(/C=C/c4ccc(C(=O)N5CCCC5)cc4)c3)cc21.O=CC(F)(F)F. The number of hydrogen-bond acceptors (Lipinski definition) is 4. The number of aldehydes is 1. The summed E-state index contributed by atoms with van der Waals surface area (Å²) in [5, 5.41) is 2.87. The Hall–Kier alpha value is -4.21. The van der Waals surface area contributed by atoms with Crippen molar-refractivity contribution in [3.05, 3.63) is 76.7 Å². The number of halogens is 3. The van der Waals surface area contributed by atoms with E-state index in [0.717, 1.165) is 71.7 Å². The number of hydrogen-bond donors (Lipinski definition) is 2. The number of carbonyl (C=O) groups is 3. The number of nitrogens with one attached hydrogen (secondary N) is 2. The van der Waals surface area contributed by atoms with E-state index in [-0.39, 0.29) is 11.8 Å². The summed E-state index contributed by atoms with van der Waals surface area (Å²) in [6.45, 7) is 2.38. The van der Waals surface area contributed by atoms with Gasteiger partial charge in [-0.15, -0.1) is 0 Å². The minimum atomic E-state index is -4.64. The Labute approximate surface area is 211 Å². The normalized spacial score (nSPS) is 15.1. The molecule has 10 heteroatoms. The van der Waals surface area contributed by atoms with Crippen LogP contribution in [0.3, 0.4) is 0 Å². The van der Waals surface area contributed by atoms with Crippen LogP contribution in [0, 0.1) is 0 Å². The van der Waals surface area contributed by atoms with Crippen molar-refractivity contribution in [2.45, 2.75) is 25.4 Å². The van der Waals surface area contributed by atoms with E-state index in [4.69, 9.17) is 4.79 Å². The maximum absolute atomic E-state index is 12.5. The molecule has 1 fully saturated rings. The van der Waals surface area contributed by atoms with Crippen LogP contribution in [-0.4, -0.2) is 58.8 Å². The van der Waals surface area contributed by atoms with Gasteiger partial charge >= 0.3 is 6.18 Å². The van der Waals surface area contributed by atoms with Crippen molar-refractivity contribution in [2.75, 3.05) is 19.6 Å². The fourth-order valence-electron chi connectivity index (χ4n) is 4.18. The predicted octanol–water partition coefficient (Wildman–Crippen LogP) is 4.52. The molecule has 0 spiro atoms. The first kappa shape index (κ1) is 25.9. The average molecular weight is 511 g/mol. The highest BCUT2D eigenvalue weighted by Crippen LogP contribution is 2.24. The lowest BCUT2D eigenvalue weighted by atomic mass is 10.1. The van der Waals surface area contributed by atoms with Crippen molar-refractivity contribution in [3.63, 3.8) is 0 Å². The number of pyridine rings is 1. The number of benzene rings is 1. The van der Waals surface area contributed by atoms with Crippen molar-refractivity contribution in [1.29, 1.82) is 0 Å². The Kier molecular flexibility index (Phi) is 7.86. The highest BCUT2D eigenvalue weighted by Gasteiger charge is 2.25. The number of H-pyrrole nitrogens is 1. The molecule has 7 nitrogen and oxygen atoms in total. The van der Waals surface area contributed by atoms with E-state index in [1.54, 1.807) is 6.20 Å². The van der Waals surface area contributed by atoms with Crippen LogP contribution in [0.4, 0.5) is 13.2 Å². The molecule has 1 aromatic carbocycles. The molecule has 0 bridgehead atoms. The molecular formula is C27H25F3N4O3. The predicted molar refractivity (Wildman–Crippen MR) is 133 cm³/mol. The minimum Gasteiger partial charge on any atom is -0.358 e. The van der Waals surface area contributed by atoms with Gasteiger partial charge < -0.3 is 15.2 Å². The van der Waals surface area contributed by atoms with Gasteiger partial charge in [-0.05, 0) is 54.8 Å². The van der Waals surface area contributed by atoms with Crippen LogP contribution in [-0.2, 0) is 11.2 Å². The van der Waals surface area contributed by atoms with Gasteiger partial charge in [0.05, 0.1) is 11.3 Å². The lowest BCUT2D eigenvalue weighted by Gasteiger charge is -2.15. The monoisotopic (exact) mass is 510 g/mol. The van der Waals surface area contributed by atoms with Crippen LogP contribution in [0.1, 0.15) is 50.5 Å². The van der Waals surface area contributed by atoms with Gasteiger partial charge in [-0.3, -0.25) is 19.4 Å². The molecule has 2 amide bonds. The summed E-state index contributed by atoms with van der Waals surface area (Å²) in [4.78, 5) is 42.9. The fourth-order valence-corrected chi connectivity index (χ4v) is 4.18. The van der Waals surface area contributed by atoms with Gasteiger partial charge in [0.15, 0.2) is 0 Å². The van der Waals surface area contributed by atoms with Gasteiger partial charge in [-0.25, -0.2) is 0 Å². The summed E-state index contributed by atoms with van der Waals surface area (Å²) in [6, 6.07) is 13.5. The second kappa shape index (κ2) is 11.2. The second-order valence-corrected chi connectivity index (χ2v) is 8.66. The van der Waals surface area contributed by atoms with E-state index >= 15 is 0 Å². The molecule has 0 saturated carbocycles. The zero-order valence-electron chi connectivity index (χ0n) is 19.8. The van der Waals surface area contributed by atoms with Crippen molar-refractivity contribution < 1.29 is 27.6 Å². The minimum absolute atomic E-state index is 0.0235. The van der Waals surface area contributed by atoms with Gasteiger partial charge in [0.25, 0.3) is 11.8 Å². The number of likely N-dealkylation sites (tertiary alicyclic amines) is 1. The van der Waals surface area contributed by atoms with Crippen LogP contribution in [0.25, 0.3) is 23.4 Å². The molecule has 0 atom stereocenters. The average Bonchev–Trinajstić information content (AvgIpc) is 3.59. The molecule has 4 heterocycles. The van der Waals surface area contributed by atoms with Crippen LogP contribution >= 0.6 is 0 Å². The first-order chi connectivity index (χ1) is 17.7. The maximum atomic E-state index is 12.5. The Morgan fingerprint density at radius 3 is 2.38 bits per heavy atom. The molecule has 2 aliphatic rings. The largest absolute Gasteiger partial charge is 0.446 e. The Morgan fingerprint density at radius 2 is 1.73 bits per heavy atom. The molecule has 1 saturated heterocycles. The highest BCUT2D eigenvalue weighted by atomic mass is 19.4. The second-order valence-electron chi connectivity index (χ2n) is 8.66. The van der Waals surface area contributed by atoms with Gasteiger partial charge in [0.2, 0.25) is 6.29 Å². The fraction of sp³-hybridized carbons (Fsp3) is 0.259. The molecular weight excluding hydrogens is 485 g/mol. The number of alkyl halides is 3. The molecule has 0 aliphatic carbocycles. The number of aromatic nitrogens is 2. The zero-order valence-corrected chi connectivity index (χ0v) is 19.8. The third-order valence-corrected chi connectivity index (χ3v) is 6.03. The molecule has 5 rings (SSSR count). The van der Waals surface area contributed by atoms with Gasteiger partial charge in [0, 0.05) is 54.8 Å². The van der Waals surface area contributed by atoms with Crippen LogP contribution in [0.5, 0.6) is 0 Å². The van der Waals surface area contributed by atoms with E-state index in [1.165, 1.54) is 0 Å². The Bertz CT molecular complexity index is 1310. The first-order valence-corrected chi connectivity index (χ1v) is 11.8. The topological polar surface area (TPSA) is 95.2 Å². The number of fused-ring (bicyclic) bond motifs is 1. The molecule has 2 aromatic heterocycles. The number of amides is 2. The van der Waals surface area contributed by atoms with Crippen molar-refractivity contribution >= 4 is 30.3 Å². The smallest absolute Gasteiger partial charge is 0.358 e. The van der Waals surface area contributed by atoms with Crippen LogP contribution < -0.4 is 5.32 Å². The molecule has 192 valence electrons. The Balaban J connectivity index is 0.000000480. The lowest BCUT2D eigenvalue weighted by Crippen LogP contribution is -2.31. The summed E-state index contributed by atoms with van der Waals surface area (Å²) in [5.41, 5.74) is 6.19. The number of carbonyl (C=O) groups excluding carboxylic acids is 3. The van der Waals surface area contributed by atoms with Gasteiger partial charge in [-0.2, -0.15) is 13.2 Å². The molecule has 37 heavy (non-hydrogen) atoms. The number of aromatic amines is 1. The van der Waals surface area contributed by atoms with Crippen LogP contribution in [0.15, 0.2) is 48.7 Å². The summed E-state index contributed by atoms with van der Waals surface area (Å²) in [7, 11) is 0. The quantitative estimate of drug-likeness (QED) is 0.505. The number of nitrogens with zero attached hydrogens (tertiary/aromatic N) is 2. The third kappa shape index (κ3) is 6.72. The third-order valence-electron chi connectivity index (χ3n) is 6.03. The van der Waals surface area contributed by atoms with E-state index in [0.29, 0.717) is 6.54 Å². The number of rotatable bonds is 4. The van der Waals surface area contributed by atoms with E-state index in [1.807, 2.05) is 59.5 Å². The van der Waals surface area contributed by atoms with E-state index < -0.39 is 12.5 Å². The zero-order chi connectivity index (χ0) is 26.4. The molecule has 0 radical (unpaired) electrons. The van der Waals surface area contributed by atoms with Gasteiger partial charge in [-0.1, -0.05) is 18.2 Å². The standard InChI is InChI=1S/C25H24N4O2.C2HF3O/c30-24-21-16-23(28-22(21)10-12-27-24)19-9-11-26-20(15-19)8-5-17-3-6-18(7-4-17)25(31)29-13-1-2-14-29;3-2(4,5)1-6/h3-9,11,15-16,28H,1-2,10,12-14H2,(H,27,30);1H/b8-5+;. The van der Waals surface area contributed by atoms with Crippen molar-refractivity contribution in [1.82, 2.24) is 20.2 Å². The highest BCUT2D eigenvalue weighted by molar-refractivity contribution is 5.98. The summed E-state index contributed by atoms with van der Waals surface area (Å²) in [6.07, 6.45) is 3.02. The first-order valence-electron chi connectivity index (χ1n) is 11.8. The van der Waals surface area contributed by atoms with Crippen LogP contribution in [0.2, 0.25) is 0 Å². The molecule has 2 aliphatic heterocycles.